The fraction of sp³-hybridized carbons (Fsp3) is 0.529. The van der Waals surface area contributed by atoms with Gasteiger partial charge in [0.05, 0.1) is 12.7 Å². The predicted molar refractivity (Wildman–Crippen MR) is 88.8 cm³/mol. The highest BCUT2D eigenvalue weighted by Crippen LogP contribution is 2.23. The van der Waals surface area contributed by atoms with Crippen molar-refractivity contribution in [3.63, 3.8) is 0 Å². The molecule has 0 aliphatic carbocycles. The number of hydrogen-bond acceptors (Lipinski definition) is 5. The van der Waals surface area contributed by atoms with Crippen LogP contribution in [0.5, 0.6) is 5.75 Å². The summed E-state index contributed by atoms with van der Waals surface area (Å²) in [4.78, 5) is 19.8. The van der Waals surface area contributed by atoms with Gasteiger partial charge in [0.2, 0.25) is 6.10 Å². The number of methoxy groups -OCH3 is 1. The van der Waals surface area contributed by atoms with Crippen LogP contribution in [0.15, 0.2) is 29.4 Å². The number of oxime groups is 1. The minimum absolute atomic E-state index is 0.0153. The van der Waals surface area contributed by atoms with E-state index in [2.05, 4.69) is 5.16 Å². The number of nitrogens with two attached hydrogens (primary N) is 1. The molecule has 2 heterocycles. The molecule has 3 rings (SSSR count). The molecule has 0 bridgehead atoms. The number of hydrogen-bond donors (Lipinski definition) is 1. The zero-order valence-electron chi connectivity index (χ0n) is 13.8. The summed E-state index contributed by atoms with van der Waals surface area (Å²) >= 11 is 0. The van der Waals surface area contributed by atoms with Gasteiger partial charge in [-0.2, -0.15) is 0 Å². The molecule has 0 unspecified atom stereocenters. The van der Waals surface area contributed by atoms with Crippen LogP contribution in [0, 0.1) is 0 Å². The standard InChI is InChI=1S/C17H23N3O4/c1-22-14-5-3-2-4-13(14)16(18)19-24-15-6-9-20(17(15)21)12-7-10-23-11-8-12/h2-5,12,15H,6-11H2,1H3,(H2,18,19)/t15-/m0/s1. The lowest BCUT2D eigenvalue weighted by atomic mass is 10.1. The summed E-state index contributed by atoms with van der Waals surface area (Å²) < 4.78 is 10.6. The molecule has 2 saturated heterocycles. The average molecular weight is 333 g/mol. The zero-order chi connectivity index (χ0) is 16.9. The maximum Gasteiger partial charge on any atom is 0.266 e. The molecule has 2 fully saturated rings. The van der Waals surface area contributed by atoms with Crippen LogP contribution >= 0.6 is 0 Å². The lowest BCUT2D eigenvalue weighted by Gasteiger charge is -2.30. The van der Waals surface area contributed by atoms with Crippen molar-refractivity contribution in [2.24, 2.45) is 10.9 Å². The number of carbonyl (C=O) groups excluding carboxylic acids is 1. The number of nitrogens with zero attached hydrogens (tertiary/aromatic N) is 2. The third kappa shape index (κ3) is 3.46. The van der Waals surface area contributed by atoms with E-state index in [0.717, 1.165) is 12.8 Å². The van der Waals surface area contributed by atoms with Crippen LogP contribution in [0.3, 0.4) is 0 Å². The highest BCUT2D eigenvalue weighted by Gasteiger charge is 2.38. The van der Waals surface area contributed by atoms with Crippen molar-refractivity contribution in [1.29, 1.82) is 0 Å². The maximum atomic E-state index is 12.5. The van der Waals surface area contributed by atoms with Crippen LogP contribution in [0.1, 0.15) is 24.8 Å². The van der Waals surface area contributed by atoms with Crippen LogP contribution in [0.2, 0.25) is 0 Å². The molecule has 2 aliphatic rings. The van der Waals surface area contributed by atoms with E-state index in [0.29, 0.717) is 37.5 Å². The number of para-hydroxylation sites is 1. The highest BCUT2D eigenvalue weighted by molar-refractivity contribution is 5.99. The normalized spacial score (nSPS) is 22.7. The van der Waals surface area contributed by atoms with Crippen LogP contribution in [-0.4, -0.2) is 55.7 Å². The van der Waals surface area contributed by atoms with Gasteiger partial charge >= 0.3 is 0 Å². The first-order chi connectivity index (χ1) is 11.7. The van der Waals surface area contributed by atoms with E-state index >= 15 is 0 Å². The zero-order valence-corrected chi connectivity index (χ0v) is 13.8. The number of amides is 1. The van der Waals surface area contributed by atoms with Crippen molar-refractivity contribution in [2.45, 2.75) is 31.4 Å². The van der Waals surface area contributed by atoms with E-state index in [-0.39, 0.29) is 17.8 Å². The second-order valence-corrected chi connectivity index (χ2v) is 5.93. The summed E-state index contributed by atoms with van der Waals surface area (Å²) in [5.41, 5.74) is 6.62. The molecule has 0 radical (unpaired) electrons. The Balaban J connectivity index is 1.63. The Morgan fingerprint density at radius 3 is 2.79 bits per heavy atom. The minimum Gasteiger partial charge on any atom is -0.496 e. The highest BCUT2D eigenvalue weighted by atomic mass is 16.6. The Hall–Kier alpha value is -2.28. The molecule has 1 atom stereocenters. The number of carbonyl (C=O) groups is 1. The molecule has 0 saturated carbocycles. The lowest BCUT2D eigenvalue weighted by molar-refractivity contribution is -0.140. The van der Waals surface area contributed by atoms with Crippen molar-refractivity contribution < 1.29 is 19.1 Å². The van der Waals surface area contributed by atoms with Crippen molar-refractivity contribution in [3.05, 3.63) is 29.8 Å². The average Bonchev–Trinajstić information content (AvgIpc) is 3.01. The molecule has 0 spiro atoms. The summed E-state index contributed by atoms with van der Waals surface area (Å²) in [5.74, 6) is 0.798. The molecule has 1 aromatic rings. The van der Waals surface area contributed by atoms with E-state index in [1.165, 1.54) is 0 Å². The monoisotopic (exact) mass is 333 g/mol. The Morgan fingerprint density at radius 1 is 1.29 bits per heavy atom. The van der Waals surface area contributed by atoms with Gasteiger partial charge in [0, 0.05) is 32.2 Å². The van der Waals surface area contributed by atoms with E-state index in [1.54, 1.807) is 19.2 Å². The van der Waals surface area contributed by atoms with Gasteiger partial charge in [-0.1, -0.05) is 17.3 Å². The minimum atomic E-state index is -0.568. The SMILES string of the molecule is COc1ccccc1/C(N)=N\O[C@H]1CCN(C2CCOCC2)C1=O. The van der Waals surface area contributed by atoms with Gasteiger partial charge in [0.25, 0.3) is 5.91 Å². The summed E-state index contributed by atoms with van der Waals surface area (Å²) in [6.45, 7) is 2.11. The van der Waals surface area contributed by atoms with Gasteiger partial charge in [0.1, 0.15) is 5.75 Å². The molecule has 7 heteroatoms. The quantitative estimate of drug-likeness (QED) is 0.496. The first kappa shape index (κ1) is 16.6. The van der Waals surface area contributed by atoms with E-state index < -0.39 is 6.10 Å². The number of likely N-dealkylation sites (tertiary alicyclic amines) is 1. The van der Waals surface area contributed by atoms with Gasteiger partial charge in [-0.05, 0) is 25.0 Å². The van der Waals surface area contributed by atoms with Gasteiger partial charge in [0.15, 0.2) is 5.84 Å². The predicted octanol–water partition coefficient (Wildman–Crippen LogP) is 1.11. The van der Waals surface area contributed by atoms with Gasteiger partial charge in [-0.15, -0.1) is 0 Å². The number of ether oxygens (including phenoxy) is 2. The molecule has 1 aromatic carbocycles. The van der Waals surface area contributed by atoms with E-state index in [9.17, 15) is 4.79 Å². The Morgan fingerprint density at radius 2 is 2.04 bits per heavy atom. The third-order valence-electron chi connectivity index (χ3n) is 4.48. The van der Waals surface area contributed by atoms with Gasteiger partial charge < -0.3 is 24.9 Å². The smallest absolute Gasteiger partial charge is 0.266 e. The lowest BCUT2D eigenvalue weighted by Crippen LogP contribution is -2.42. The van der Waals surface area contributed by atoms with Crippen LogP contribution in [-0.2, 0) is 14.4 Å². The molecular formula is C17H23N3O4. The molecule has 24 heavy (non-hydrogen) atoms. The van der Waals surface area contributed by atoms with Crippen LogP contribution < -0.4 is 10.5 Å². The summed E-state index contributed by atoms with van der Waals surface area (Å²) in [5, 5.41) is 3.96. The van der Waals surface area contributed by atoms with Crippen LogP contribution in [0.4, 0.5) is 0 Å². The topological polar surface area (TPSA) is 86.4 Å². The second kappa shape index (κ2) is 7.53. The van der Waals surface area contributed by atoms with E-state index in [1.807, 2.05) is 17.0 Å². The van der Waals surface area contributed by atoms with Crippen molar-refractivity contribution in [1.82, 2.24) is 4.90 Å². The molecule has 130 valence electrons. The first-order valence-corrected chi connectivity index (χ1v) is 8.21. The second-order valence-electron chi connectivity index (χ2n) is 5.93. The number of amidine groups is 1. The Labute approximate surface area is 141 Å². The third-order valence-corrected chi connectivity index (χ3v) is 4.48. The van der Waals surface area contributed by atoms with Crippen molar-refractivity contribution in [2.75, 3.05) is 26.9 Å². The molecule has 7 nitrogen and oxygen atoms in total. The Kier molecular flexibility index (Phi) is 5.20. The number of rotatable bonds is 5. The molecule has 2 aliphatic heterocycles. The Bertz CT molecular complexity index is 614. The summed E-state index contributed by atoms with van der Waals surface area (Å²) in [6, 6.07) is 7.53. The first-order valence-electron chi connectivity index (χ1n) is 8.21. The van der Waals surface area contributed by atoms with Crippen LogP contribution in [0.25, 0.3) is 0 Å². The largest absolute Gasteiger partial charge is 0.496 e. The van der Waals surface area contributed by atoms with Gasteiger partial charge in [-0.3, -0.25) is 4.79 Å². The fourth-order valence-corrected chi connectivity index (χ4v) is 3.16. The number of benzene rings is 1. The maximum absolute atomic E-state index is 12.5. The summed E-state index contributed by atoms with van der Waals surface area (Å²) in [7, 11) is 1.57. The molecule has 2 N–H and O–H groups in total. The van der Waals surface area contributed by atoms with Crippen molar-refractivity contribution >= 4 is 11.7 Å². The fourth-order valence-electron chi connectivity index (χ4n) is 3.16. The van der Waals surface area contributed by atoms with E-state index in [4.69, 9.17) is 20.0 Å². The van der Waals surface area contributed by atoms with Gasteiger partial charge in [-0.25, -0.2) is 0 Å². The molecule has 0 aromatic heterocycles. The van der Waals surface area contributed by atoms with Crippen molar-refractivity contribution in [3.8, 4) is 5.75 Å². The summed E-state index contributed by atoms with van der Waals surface area (Å²) in [6.07, 6.45) is 1.82. The molecular weight excluding hydrogens is 310 g/mol. The molecule has 1 amide bonds.